The van der Waals surface area contributed by atoms with E-state index >= 15 is 0 Å². The zero-order valence-electron chi connectivity index (χ0n) is 14.6. The Morgan fingerprint density at radius 3 is 2.67 bits per heavy atom. The molecule has 2 heterocycles. The molecular weight excluding hydrogens is 258 g/mol. The molecule has 0 radical (unpaired) electrons. The van der Waals surface area contributed by atoms with E-state index in [0.29, 0.717) is 0 Å². The van der Waals surface area contributed by atoms with Gasteiger partial charge in [0.15, 0.2) is 0 Å². The first kappa shape index (κ1) is 16.3. The summed E-state index contributed by atoms with van der Waals surface area (Å²) in [5.41, 5.74) is 3.97. The number of nitrogens with zero attached hydrogens (tertiary/aromatic N) is 2. The van der Waals surface area contributed by atoms with Crippen LogP contribution >= 0.6 is 0 Å². The SMILES string of the molecule is Cc1cc(C)c(CNC(C)(C)C)c(N2CCCC(C)C2)n1. The number of anilines is 1. The molecule has 0 aliphatic carbocycles. The smallest absolute Gasteiger partial charge is 0.133 e. The number of piperidine rings is 1. The molecule has 1 unspecified atom stereocenters. The lowest BCUT2D eigenvalue weighted by molar-refractivity contribution is 0.419. The van der Waals surface area contributed by atoms with Crippen molar-refractivity contribution in [3.8, 4) is 0 Å². The molecule has 1 aliphatic rings. The largest absolute Gasteiger partial charge is 0.356 e. The van der Waals surface area contributed by atoms with E-state index in [9.17, 15) is 0 Å². The Bertz CT molecular complexity index is 488. The highest BCUT2D eigenvalue weighted by Crippen LogP contribution is 2.27. The second kappa shape index (κ2) is 6.35. The lowest BCUT2D eigenvalue weighted by atomic mass is 9.99. The van der Waals surface area contributed by atoms with Crippen molar-refractivity contribution in [1.82, 2.24) is 10.3 Å². The third-order valence-corrected chi connectivity index (χ3v) is 4.21. The van der Waals surface area contributed by atoms with Crippen molar-refractivity contribution >= 4 is 5.82 Å². The Hall–Kier alpha value is -1.09. The fraction of sp³-hybridized carbons (Fsp3) is 0.722. The molecule has 0 bridgehead atoms. The normalized spacial score (nSPS) is 19.9. The van der Waals surface area contributed by atoms with Crippen LogP contribution in [0, 0.1) is 19.8 Å². The zero-order valence-corrected chi connectivity index (χ0v) is 14.6. The van der Waals surface area contributed by atoms with Crippen molar-refractivity contribution < 1.29 is 0 Å². The summed E-state index contributed by atoms with van der Waals surface area (Å²) in [6, 6.07) is 2.20. The van der Waals surface area contributed by atoms with Crippen molar-refractivity contribution in [1.29, 1.82) is 0 Å². The van der Waals surface area contributed by atoms with Crippen molar-refractivity contribution in [2.75, 3.05) is 18.0 Å². The summed E-state index contributed by atoms with van der Waals surface area (Å²) in [7, 11) is 0. The molecule has 21 heavy (non-hydrogen) atoms. The number of aromatic nitrogens is 1. The Labute approximate surface area is 130 Å². The lowest BCUT2D eigenvalue weighted by Crippen LogP contribution is -2.38. The number of aryl methyl sites for hydroxylation is 2. The van der Waals surface area contributed by atoms with Crippen LogP contribution in [-0.2, 0) is 6.54 Å². The summed E-state index contributed by atoms with van der Waals surface area (Å²) in [6.07, 6.45) is 2.62. The molecule has 0 spiro atoms. The monoisotopic (exact) mass is 289 g/mol. The van der Waals surface area contributed by atoms with E-state index in [1.165, 1.54) is 29.8 Å². The van der Waals surface area contributed by atoms with Gasteiger partial charge in [-0.3, -0.25) is 0 Å². The number of nitrogens with one attached hydrogen (secondary N) is 1. The molecular formula is C18H31N3. The minimum atomic E-state index is 0.129. The van der Waals surface area contributed by atoms with E-state index in [-0.39, 0.29) is 5.54 Å². The van der Waals surface area contributed by atoms with Crippen LogP contribution in [0.5, 0.6) is 0 Å². The fourth-order valence-electron chi connectivity index (χ4n) is 3.06. The van der Waals surface area contributed by atoms with Crippen LogP contribution in [-0.4, -0.2) is 23.6 Å². The molecule has 0 saturated carbocycles. The van der Waals surface area contributed by atoms with Crippen molar-refractivity contribution in [3.63, 3.8) is 0 Å². The molecule has 1 saturated heterocycles. The quantitative estimate of drug-likeness (QED) is 0.917. The molecule has 1 fully saturated rings. The number of hydrogen-bond acceptors (Lipinski definition) is 3. The number of hydrogen-bond donors (Lipinski definition) is 1. The lowest BCUT2D eigenvalue weighted by Gasteiger charge is -2.34. The minimum Gasteiger partial charge on any atom is -0.356 e. The average molecular weight is 289 g/mol. The molecule has 118 valence electrons. The Kier molecular flexibility index (Phi) is 4.92. The van der Waals surface area contributed by atoms with Gasteiger partial charge in [-0.1, -0.05) is 6.92 Å². The summed E-state index contributed by atoms with van der Waals surface area (Å²) in [6.45, 7) is 16.5. The van der Waals surface area contributed by atoms with E-state index in [4.69, 9.17) is 4.98 Å². The second-order valence-corrected chi connectivity index (χ2v) is 7.68. The average Bonchev–Trinajstić information content (AvgIpc) is 2.35. The maximum absolute atomic E-state index is 4.88. The highest BCUT2D eigenvalue weighted by molar-refractivity contribution is 5.52. The number of rotatable bonds is 3. The summed E-state index contributed by atoms with van der Waals surface area (Å²) < 4.78 is 0. The summed E-state index contributed by atoms with van der Waals surface area (Å²) >= 11 is 0. The molecule has 0 amide bonds. The molecule has 2 rings (SSSR count). The summed E-state index contributed by atoms with van der Waals surface area (Å²) in [5, 5.41) is 3.62. The van der Waals surface area contributed by atoms with Crippen LogP contribution in [0.1, 0.15) is 57.4 Å². The Morgan fingerprint density at radius 1 is 1.33 bits per heavy atom. The zero-order chi connectivity index (χ0) is 15.6. The van der Waals surface area contributed by atoms with Crippen molar-refractivity contribution in [2.24, 2.45) is 5.92 Å². The molecule has 1 atom stereocenters. The predicted molar refractivity (Wildman–Crippen MR) is 90.9 cm³/mol. The molecule has 3 heteroatoms. The second-order valence-electron chi connectivity index (χ2n) is 7.68. The van der Waals surface area contributed by atoms with Crippen LogP contribution in [0.3, 0.4) is 0 Å². The Balaban J connectivity index is 2.29. The Morgan fingerprint density at radius 2 is 2.05 bits per heavy atom. The van der Waals surface area contributed by atoms with Gasteiger partial charge < -0.3 is 10.2 Å². The van der Waals surface area contributed by atoms with Gasteiger partial charge in [0.2, 0.25) is 0 Å². The molecule has 0 aromatic carbocycles. The summed E-state index contributed by atoms with van der Waals surface area (Å²) in [4.78, 5) is 7.37. The van der Waals surface area contributed by atoms with E-state index in [0.717, 1.165) is 31.2 Å². The fourth-order valence-corrected chi connectivity index (χ4v) is 3.06. The minimum absolute atomic E-state index is 0.129. The predicted octanol–water partition coefficient (Wildman–Crippen LogP) is 3.82. The third-order valence-electron chi connectivity index (χ3n) is 4.21. The van der Waals surface area contributed by atoms with Gasteiger partial charge in [-0.05, 0) is 65.0 Å². The standard InChI is InChI=1S/C18H31N3/c1-13-8-7-9-21(12-13)17-16(11-19-18(4,5)6)14(2)10-15(3)20-17/h10,13,19H,7-9,11-12H2,1-6H3. The first-order chi connectivity index (χ1) is 9.76. The van der Waals surface area contributed by atoms with Gasteiger partial charge in [-0.25, -0.2) is 4.98 Å². The van der Waals surface area contributed by atoms with Gasteiger partial charge in [0, 0.05) is 36.4 Å². The number of pyridine rings is 1. The maximum atomic E-state index is 4.88. The van der Waals surface area contributed by atoms with Crippen LogP contribution in [0.25, 0.3) is 0 Å². The van der Waals surface area contributed by atoms with Crippen LogP contribution in [0.4, 0.5) is 5.82 Å². The topological polar surface area (TPSA) is 28.2 Å². The van der Waals surface area contributed by atoms with E-state index < -0.39 is 0 Å². The van der Waals surface area contributed by atoms with Gasteiger partial charge >= 0.3 is 0 Å². The third kappa shape index (κ3) is 4.44. The van der Waals surface area contributed by atoms with E-state index in [1.807, 2.05) is 0 Å². The van der Waals surface area contributed by atoms with Gasteiger partial charge in [-0.15, -0.1) is 0 Å². The van der Waals surface area contributed by atoms with E-state index in [2.05, 4.69) is 57.8 Å². The first-order valence-electron chi connectivity index (χ1n) is 8.23. The van der Waals surface area contributed by atoms with E-state index in [1.54, 1.807) is 0 Å². The van der Waals surface area contributed by atoms with Crippen molar-refractivity contribution in [3.05, 3.63) is 22.9 Å². The maximum Gasteiger partial charge on any atom is 0.133 e. The van der Waals surface area contributed by atoms with Gasteiger partial charge in [-0.2, -0.15) is 0 Å². The molecule has 1 N–H and O–H groups in total. The summed E-state index contributed by atoms with van der Waals surface area (Å²) in [5.74, 6) is 1.97. The van der Waals surface area contributed by atoms with Crippen molar-refractivity contribution in [2.45, 2.75) is 66.5 Å². The molecule has 1 aromatic rings. The molecule has 3 nitrogen and oxygen atoms in total. The van der Waals surface area contributed by atoms with Gasteiger partial charge in [0.1, 0.15) is 5.82 Å². The molecule has 1 aromatic heterocycles. The van der Waals surface area contributed by atoms with Crippen LogP contribution in [0.15, 0.2) is 6.07 Å². The van der Waals surface area contributed by atoms with Crippen LogP contribution in [0.2, 0.25) is 0 Å². The highest BCUT2D eigenvalue weighted by atomic mass is 15.2. The first-order valence-corrected chi connectivity index (χ1v) is 8.23. The van der Waals surface area contributed by atoms with Gasteiger partial charge in [0.25, 0.3) is 0 Å². The van der Waals surface area contributed by atoms with Gasteiger partial charge in [0.05, 0.1) is 0 Å². The van der Waals surface area contributed by atoms with Crippen LogP contribution < -0.4 is 10.2 Å². The highest BCUT2D eigenvalue weighted by Gasteiger charge is 2.22. The molecule has 1 aliphatic heterocycles.